The monoisotopic (exact) mass is 324 g/mol. The second kappa shape index (κ2) is 7.23. The molecule has 1 aliphatic rings. The Balaban J connectivity index is 1.98. The number of amides is 1. The van der Waals surface area contributed by atoms with Crippen LogP contribution in [0.25, 0.3) is 0 Å². The van der Waals surface area contributed by atoms with Crippen LogP contribution in [-0.4, -0.2) is 35.7 Å². The van der Waals surface area contributed by atoms with E-state index in [1.54, 1.807) is 0 Å². The second-order valence-electron chi connectivity index (χ2n) is 6.68. The molecule has 1 atom stereocenters. The fourth-order valence-electron chi connectivity index (χ4n) is 2.61. The highest BCUT2D eigenvalue weighted by Crippen LogP contribution is 2.24. The molecule has 1 aliphatic heterocycles. The summed E-state index contributed by atoms with van der Waals surface area (Å²) in [6, 6.07) is 7.79. The van der Waals surface area contributed by atoms with Gasteiger partial charge in [-0.25, -0.2) is 4.79 Å². The van der Waals surface area contributed by atoms with Crippen molar-refractivity contribution in [2.24, 2.45) is 0 Å². The average molecular weight is 325 g/mol. The molecule has 1 N–H and O–H groups in total. The molecule has 2 rings (SSSR count). The number of likely N-dealkylation sites (tertiary alicyclic amines) is 1. The van der Waals surface area contributed by atoms with Crippen molar-refractivity contribution in [1.82, 2.24) is 4.90 Å². The summed E-state index contributed by atoms with van der Waals surface area (Å²) in [6.45, 7) is 7.12. The summed E-state index contributed by atoms with van der Waals surface area (Å²) in [5.41, 5.74) is 0.439. The van der Waals surface area contributed by atoms with Crippen molar-refractivity contribution in [2.75, 3.05) is 18.4 Å². The third-order valence-corrected chi connectivity index (χ3v) is 3.99. The van der Waals surface area contributed by atoms with Crippen molar-refractivity contribution in [3.8, 4) is 0 Å². The molecule has 0 bridgehead atoms. The minimum Gasteiger partial charge on any atom is -0.444 e. The zero-order chi connectivity index (χ0) is 16.2. The second-order valence-corrected chi connectivity index (χ2v) is 7.09. The first-order valence-corrected chi connectivity index (χ1v) is 8.22. The van der Waals surface area contributed by atoms with Crippen LogP contribution in [0.1, 0.15) is 40.0 Å². The van der Waals surface area contributed by atoms with E-state index in [1.165, 1.54) is 0 Å². The molecule has 1 fully saturated rings. The quantitative estimate of drug-likeness (QED) is 0.887. The van der Waals surface area contributed by atoms with E-state index in [1.807, 2.05) is 49.9 Å². The molecule has 1 amide bonds. The molecule has 22 heavy (non-hydrogen) atoms. The number of nitrogens with one attached hydrogen (secondary N) is 1. The lowest BCUT2D eigenvalue weighted by Crippen LogP contribution is -2.48. The number of carbonyl (C=O) groups is 1. The SMILES string of the molecule is CC(C)(C)OC(=O)N1CCCCC1CNc1ccccc1Cl. The van der Waals surface area contributed by atoms with E-state index in [2.05, 4.69) is 5.32 Å². The lowest BCUT2D eigenvalue weighted by Gasteiger charge is -2.37. The summed E-state index contributed by atoms with van der Waals surface area (Å²) in [4.78, 5) is 14.2. The molecule has 1 heterocycles. The van der Waals surface area contributed by atoms with Crippen molar-refractivity contribution in [3.05, 3.63) is 29.3 Å². The van der Waals surface area contributed by atoms with Crippen LogP contribution in [0.2, 0.25) is 5.02 Å². The van der Waals surface area contributed by atoms with E-state index in [9.17, 15) is 4.79 Å². The maximum atomic E-state index is 12.4. The Bertz CT molecular complexity index is 514. The molecule has 0 radical (unpaired) electrons. The number of hydrogen-bond donors (Lipinski definition) is 1. The third-order valence-electron chi connectivity index (χ3n) is 3.66. The van der Waals surface area contributed by atoms with Crippen molar-refractivity contribution in [3.63, 3.8) is 0 Å². The van der Waals surface area contributed by atoms with E-state index in [4.69, 9.17) is 16.3 Å². The van der Waals surface area contributed by atoms with Gasteiger partial charge in [0.1, 0.15) is 5.60 Å². The summed E-state index contributed by atoms with van der Waals surface area (Å²) in [7, 11) is 0. The number of carbonyl (C=O) groups excluding carboxylic acids is 1. The topological polar surface area (TPSA) is 41.6 Å². The predicted molar refractivity (Wildman–Crippen MR) is 90.5 cm³/mol. The summed E-state index contributed by atoms with van der Waals surface area (Å²) in [6.07, 6.45) is 2.92. The van der Waals surface area contributed by atoms with Crippen LogP contribution in [0.15, 0.2) is 24.3 Å². The maximum absolute atomic E-state index is 12.4. The third kappa shape index (κ3) is 4.80. The van der Waals surface area contributed by atoms with Crippen LogP contribution < -0.4 is 5.32 Å². The van der Waals surface area contributed by atoms with Crippen molar-refractivity contribution >= 4 is 23.4 Å². The van der Waals surface area contributed by atoms with Crippen LogP contribution in [0, 0.1) is 0 Å². The molecule has 122 valence electrons. The Labute approximate surface area is 137 Å². The van der Waals surface area contributed by atoms with Crippen LogP contribution in [-0.2, 0) is 4.74 Å². The summed E-state index contributed by atoms with van der Waals surface area (Å²) >= 11 is 6.16. The van der Waals surface area contributed by atoms with Crippen LogP contribution in [0.3, 0.4) is 0 Å². The summed E-state index contributed by atoms with van der Waals surface area (Å²) < 4.78 is 5.52. The van der Waals surface area contributed by atoms with Gasteiger partial charge >= 0.3 is 6.09 Å². The van der Waals surface area contributed by atoms with Gasteiger partial charge < -0.3 is 15.0 Å². The van der Waals surface area contributed by atoms with Gasteiger partial charge in [0.05, 0.1) is 16.8 Å². The van der Waals surface area contributed by atoms with Gasteiger partial charge in [0.25, 0.3) is 0 Å². The molecular weight excluding hydrogens is 300 g/mol. The first-order chi connectivity index (χ1) is 10.4. The number of anilines is 1. The Morgan fingerprint density at radius 2 is 2.09 bits per heavy atom. The van der Waals surface area contributed by atoms with E-state index in [-0.39, 0.29) is 12.1 Å². The molecule has 1 saturated heterocycles. The standard InChI is InChI=1S/C17H25ClN2O2/c1-17(2,3)22-16(21)20-11-7-6-8-13(20)12-19-15-10-5-4-9-14(15)18/h4-5,9-10,13,19H,6-8,11-12H2,1-3H3. The van der Waals surface area contributed by atoms with Gasteiger partial charge in [0.15, 0.2) is 0 Å². The first-order valence-electron chi connectivity index (χ1n) is 7.85. The summed E-state index contributed by atoms with van der Waals surface area (Å²) in [5, 5.41) is 4.05. The minimum atomic E-state index is -0.463. The van der Waals surface area contributed by atoms with Gasteiger partial charge in [-0.3, -0.25) is 0 Å². The molecule has 0 aliphatic carbocycles. The number of nitrogens with zero attached hydrogens (tertiary/aromatic N) is 1. The van der Waals surface area contributed by atoms with Gasteiger partial charge in [0.2, 0.25) is 0 Å². The van der Waals surface area contributed by atoms with Gasteiger partial charge in [0, 0.05) is 13.1 Å². The number of piperidine rings is 1. The molecule has 4 nitrogen and oxygen atoms in total. The van der Waals surface area contributed by atoms with Crippen LogP contribution in [0.5, 0.6) is 0 Å². The number of benzene rings is 1. The van der Waals surface area contributed by atoms with Crippen molar-refractivity contribution in [2.45, 2.75) is 51.7 Å². The highest BCUT2D eigenvalue weighted by Gasteiger charge is 2.30. The lowest BCUT2D eigenvalue weighted by atomic mass is 10.0. The Kier molecular flexibility index (Phi) is 5.57. The molecule has 1 aromatic carbocycles. The number of hydrogen-bond acceptors (Lipinski definition) is 3. The van der Waals surface area contributed by atoms with Crippen molar-refractivity contribution in [1.29, 1.82) is 0 Å². The van der Waals surface area contributed by atoms with E-state index in [0.29, 0.717) is 11.6 Å². The van der Waals surface area contributed by atoms with Gasteiger partial charge in [-0.1, -0.05) is 23.7 Å². The minimum absolute atomic E-state index is 0.139. The molecule has 1 unspecified atom stereocenters. The molecule has 0 aromatic heterocycles. The van der Waals surface area contributed by atoms with Crippen LogP contribution >= 0.6 is 11.6 Å². The smallest absolute Gasteiger partial charge is 0.410 e. The maximum Gasteiger partial charge on any atom is 0.410 e. The fraction of sp³-hybridized carbons (Fsp3) is 0.588. The zero-order valence-corrected chi connectivity index (χ0v) is 14.3. The molecular formula is C17H25ClN2O2. The zero-order valence-electron chi connectivity index (χ0n) is 13.6. The Morgan fingerprint density at radius 1 is 1.36 bits per heavy atom. The number of rotatable bonds is 3. The van der Waals surface area contributed by atoms with Gasteiger partial charge in [-0.15, -0.1) is 0 Å². The van der Waals surface area contributed by atoms with Crippen LogP contribution in [0.4, 0.5) is 10.5 Å². The number of ether oxygens (including phenoxy) is 1. The predicted octanol–water partition coefficient (Wildman–Crippen LogP) is 4.54. The molecule has 0 saturated carbocycles. The van der Waals surface area contributed by atoms with Gasteiger partial charge in [-0.2, -0.15) is 0 Å². The van der Waals surface area contributed by atoms with E-state index < -0.39 is 5.60 Å². The fourth-order valence-corrected chi connectivity index (χ4v) is 2.81. The highest BCUT2D eigenvalue weighted by atomic mass is 35.5. The number of halogens is 1. The van der Waals surface area contributed by atoms with Crippen molar-refractivity contribution < 1.29 is 9.53 Å². The molecule has 0 spiro atoms. The average Bonchev–Trinajstić information content (AvgIpc) is 2.45. The lowest BCUT2D eigenvalue weighted by molar-refractivity contribution is 0.0114. The first kappa shape index (κ1) is 16.9. The molecule has 1 aromatic rings. The van der Waals surface area contributed by atoms with E-state index in [0.717, 1.165) is 31.5 Å². The highest BCUT2D eigenvalue weighted by molar-refractivity contribution is 6.33. The van der Waals surface area contributed by atoms with E-state index >= 15 is 0 Å². The number of para-hydroxylation sites is 1. The Morgan fingerprint density at radius 3 is 2.77 bits per heavy atom. The van der Waals surface area contributed by atoms with Gasteiger partial charge in [-0.05, 0) is 52.2 Å². The molecule has 5 heteroatoms. The largest absolute Gasteiger partial charge is 0.444 e. The normalized spacial score (nSPS) is 18.9. The Hall–Kier alpha value is -1.42. The summed E-state index contributed by atoms with van der Waals surface area (Å²) in [5.74, 6) is 0.